The number of halogens is 4. The summed E-state index contributed by atoms with van der Waals surface area (Å²) < 4.78 is 58.2. The smallest absolute Gasteiger partial charge is 0.379 e. The number of hydrogen-bond donors (Lipinski definition) is 1. The van der Waals surface area contributed by atoms with Gasteiger partial charge >= 0.3 is 6.18 Å². The SMILES string of the molecule is O=C(NCC(c1ccc(C(F)(F)F)cc1)N1CCOCC1)C1(c2cccc(F)c2)CCC1. The molecule has 1 aliphatic heterocycles. The van der Waals surface area contributed by atoms with Gasteiger partial charge in [-0.3, -0.25) is 9.69 Å². The Balaban J connectivity index is 1.53. The molecule has 172 valence electrons. The summed E-state index contributed by atoms with van der Waals surface area (Å²) in [6.07, 6.45) is -2.23. The van der Waals surface area contributed by atoms with Crippen molar-refractivity contribution < 1.29 is 27.1 Å². The van der Waals surface area contributed by atoms with E-state index < -0.39 is 17.2 Å². The van der Waals surface area contributed by atoms with E-state index in [1.54, 1.807) is 12.1 Å². The summed E-state index contributed by atoms with van der Waals surface area (Å²) in [4.78, 5) is 15.4. The molecule has 0 spiro atoms. The highest BCUT2D eigenvalue weighted by atomic mass is 19.4. The van der Waals surface area contributed by atoms with Crippen molar-refractivity contribution in [1.82, 2.24) is 10.2 Å². The minimum Gasteiger partial charge on any atom is -0.379 e. The molecule has 2 fully saturated rings. The van der Waals surface area contributed by atoms with Crippen LogP contribution in [0.1, 0.15) is 42.0 Å². The van der Waals surface area contributed by atoms with Gasteiger partial charge in [0.2, 0.25) is 5.91 Å². The van der Waals surface area contributed by atoms with E-state index >= 15 is 0 Å². The van der Waals surface area contributed by atoms with Crippen molar-refractivity contribution in [2.75, 3.05) is 32.8 Å². The van der Waals surface area contributed by atoms with Gasteiger partial charge in [-0.15, -0.1) is 0 Å². The van der Waals surface area contributed by atoms with E-state index in [2.05, 4.69) is 10.2 Å². The number of carbonyl (C=O) groups is 1. The molecule has 32 heavy (non-hydrogen) atoms. The van der Waals surface area contributed by atoms with Gasteiger partial charge in [0.05, 0.1) is 30.2 Å². The lowest BCUT2D eigenvalue weighted by Crippen LogP contribution is -2.51. The molecule has 0 bridgehead atoms. The maximum atomic E-state index is 13.8. The number of carbonyl (C=O) groups excluding carboxylic acids is 1. The van der Waals surface area contributed by atoms with Crippen LogP contribution in [0.5, 0.6) is 0 Å². The summed E-state index contributed by atoms with van der Waals surface area (Å²) in [5.74, 6) is -0.544. The predicted molar refractivity (Wildman–Crippen MR) is 112 cm³/mol. The van der Waals surface area contributed by atoms with Gasteiger partial charge in [-0.05, 0) is 48.2 Å². The van der Waals surface area contributed by atoms with Crippen LogP contribution >= 0.6 is 0 Å². The largest absolute Gasteiger partial charge is 0.416 e. The average molecular weight is 450 g/mol. The molecule has 4 rings (SSSR count). The van der Waals surface area contributed by atoms with Crippen LogP contribution < -0.4 is 5.32 Å². The zero-order chi connectivity index (χ0) is 22.8. The molecular weight excluding hydrogens is 424 g/mol. The number of alkyl halides is 3. The van der Waals surface area contributed by atoms with E-state index in [1.807, 2.05) is 0 Å². The Hall–Kier alpha value is -2.45. The summed E-state index contributed by atoms with van der Waals surface area (Å²) in [5.41, 5.74) is -0.0875. The molecular formula is C24H26F4N2O2. The van der Waals surface area contributed by atoms with Crippen LogP contribution in [-0.2, 0) is 21.1 Å². The standard InChI is InChI=1S/C24H26F4N2O2/c25-20-4-1-3-19(15-20)23(9-2-10-23)22(31)29-16-21(30-11-13-32-14-12-30)17-5-7-18(8-6-17)24(26,27)28/h1,3-8,15,21H,2,9-14,16H2,(H,29,31). The fourth-order valence-electron chi connectivity index (χ4n) is 4.56. The van der Waals surface area contributed by atoms with E-state index in [0.29, 0.717) is 50.3 Å². The molecule has 1 atom stereocenters. The highest BCUT2D eigenvalue weighted by Crippen LogP contribution is 2.44. The number of hydrogen-bond acceptors (Lipinski definition) is 3. The molecule has 0 aromatic heterocycles. The van der Waals surface area contributed by atoms with Crippen LogP contribution in [0.4, 0.5) is 17.6 Å². The summed E-state index contributed by atoms with van der Waals surface area (Å²) in [7, 11) is 0. The first-order valence-corrected chi connectivity index (χ1v) is 10.8. The highest BCUT2D eigenvalue weighted by Gasteiger charge is 2.46. The van der Waals surface area contributed by atoms with Crippen molar-refractivity contribution in [1.29, 1.82) is 0 Å². The number of ether oxygens (including phenoxy) is 1. The van der Waals surface area contributed by atoms with Crippen molar-refractivity contribution in [3.05, 3.63) is 71.0 Å². The van der Waals surface area contributed by atoms with Crippen LogP contribution in [0.2, 0.25) is 0 Å². The lowest BCUT2D eigenvalue weighted by atomic mass is 9.63. The van der Waals surface area contributed by atoms with Gasteiger partial charge in [-0.1, -0.05) is 30.7 Å². The van der Waals surface area contributed by atoms with Crippen LogP contribution in [0.3, 0.4) is 0 Å². The summed E-state index contributed by atoms with van der Waals surface area (Å²) in [6, 6.07) is 11.0. The third-order valence-corrected chi connectivity index (χ3v) is 6.58. The minimum atomic E-state index is -4.40. The van der Waals surface area contributed by atoms with Crippen molar-refractivity contribution in [2.45, 2.75) is 36.9 Å². The monoisotopic (exact) mass is 450 g/mol. The van der Waals surface area contributed by atoms with Gasteiger partial charge in [0.15, 0.2) is 0 Å². The maximum absolute atomic E-state index is 13.8. The lowest BCUT2D eigenvalue weighted by Gasteiger charge is -2.42. The van der Waals surface area contributed by atoms with Crippen molar-refractivity contribution in [2.24, 2.45) is 0 Å². The fraction of sp³-hybridized carbons (Fsp3) is 0.458. The average Bonchev–Trinajstić information content (AvgIpc) is 2.74. The second-order valence-corrected chi connectivity index (χ2v) is 8.44. The molecule has 1 saturated carbocycles. The second-order valence-electron chi connectivity index (χ2n) is 8.44. The summed E-state index contributed by atoms with van der Waals surface area (Å²) in [5, 5.41) is 3.02. The number of rotatable bonds is 6. The van der Waals surface area contributed by atoms with Crippen LogP contribution in [-0.4, -0.2) is 43.7 Å². The molecule has 1 heterocycles. The highest BCUT2D eigenvalue weighted by molar-refractivity contribution is 5.89. The lowest BCUT2D eigenvalue weighted by molar-refractivity contribution is -0.137. The van der Waals surface area contributed by atoms with Gasteiger partial charge in [-0.2, -0.15) is 13.2 Å². The first-order valence-electron chi connectivity index (χ1n) is 10.8. The number of nitrogens with one attached hydrogen (secondary N) is 1. The Morgan fingerprint density at radius 2 is 1.78 bits per heavy atom. The molecule has 2 aromatic rings. The first-order chi connectivity index (χ1) is 15.3. The zero-order valence-electron chi connectivity index (χ0n) is 17.6. The molecule has 1 aliphatic carbocycles. The van der Waals surface area contributed by atoms with E-state index in [9.17, 15) is 22.4 Å². The molecule has 1 saturated heterocycles. The normalized spacial score (nSPS) is 19.8. The van der Waals surface area contributed by atoms with E-state index in [4.69, 9.17) is 4.74 Å². The Morgan fingerprint density at radius 3 is 2.34 bits per heavy atom. The molecule has 1 unspecified atom stereocenters. The Morgan fingerprint density at radius 1 is 1.09 bits per heavy atom. The van der Waals surface area contributed by atoms with Crippen molar-refractivity contribution in [3.8, 4) is 0 Å². The van der Waals surface area contributed by atoms with Crippen LogP contribution in [0.25, 0.3) is 0 Å². The third kappa shape index (κ3) is 4.66. The van der Waals surface area contributed by atoms with Crippen LogP contribution in [0, 0.1) is 5.82 Å². The molecule has 4 nitrogen and oxygen atoms in total. The number of amides is 1. The molecule has 2 aliphatic rings. The van der Waals surface area contributed by atoms with E-state index in [1.165, 1.54) is 24.3 Å². The zero-order valence-corrected chi connectivity index (χ0v) is 17.6. The van der Waals surface area contributed by atoms with E-state index in [-0.39, 0.29) is 24.3 Å². The number of nitrogens with zero attached hydrogens (tertiary/aromatic N) is 1. The number of benzene rings is 2. The van der Waals surface area contributed by atoms with Gasteiger partial charge in [-0.25, -0.2) is 4.39 Å². The van der Waals surface area contributed by atoms with Crippen molar-refractivity contribution >= 4 is 5.91 Å². The molecule has 2 aromatic carbocycles. The predicted octanol–water partition coefficient (Wildman–Crippen LogP) is 4.46. The Labute approximate surface area is 184 Å². The molecule has 0 radical (unpaired) electrons. The minimum absolute atomic E-state index is 0.167. The van der Waals surface area contributed by atoms with Gasteiger partial charge in [0.1, 0.15) is 5.82 Å². The summed E-state index contributed by atoms with van der Waals surface area (Å²) in [6.45, 7) is 2.55. The number of morpholine rings is 1. The third-order valence-electron chi connectivity index (χ3n) is 6.58. The van der Waals surface area contributed by atoms with Gasteiger partial charge in [0, 0.05) is 19.6 Å². The Bertz CT molecular complexity index is 936. The first kappa shape index (κ1) is 22.7. The topological polar surface area (TPSA) is 41.6 Å². The molecule has 8 heteroatoms. The second kappa shape index (κ2) is 9.19. The van der Waals surface area contributed by atoms with Crippen molar-refractivity contribution in [3.63, 3.8) is 0 Å². The van der Waals surface area contributed by atoms with Crippen LogP contribution in [0.15, 0.2) is 48.5 Å². The molecule has 1 N–H and O–H groups in total. The maximum Gasteiger partial charge on any atom is 0.416 e. The van der Waals surface area contributed by atoms with E-state index in [0.717, 1.165) is 18.6 Å². The van der Waals surface area contributed by atoms with Gasteiger partial charge in [0.25, 0.3) is 0 Å². The summed E-state index contributed by atoms with van der Waals surface area (Å²) >= 11 is 0. The fourth-order valence-corrected chi connectivity index (χ4v) is 4.56. The quantitative estimate of drug-likeness (QED) is 0.661. The Kier molecular flexibility index (Phi) is 6.53. The molecule has 1 amide bonds. The van der Waals surface area contributed by atoms with Gasteiger partial charge < -0.3 is 10.1 Å².